The Bertz CT molecular complexity index is 366. The third kappa shape index (κ3) is 3.85. The molecule has 1 aromatic rings. The van der Waals surface area contributed by atoms with E-state index < -0.39 is 0 Å². The molecule has 1 nitrogen and oxygen atoms in total. The second-order valence-corrected chi connectivity index (χ2v) is 5.62. The molecule has 17 heavy (non-hydrogen) atoms. The van der Waals surface area contributed by atoms with E-state index in [4.69, 9.17) is 0 Å². The minimum Gasteiger partial charge on any atom is -0.310 e. The Morgan fingerprint density at radius 2 is 2.06 bits per heavy atom. The highest BCUT2D eigenvalue weighted by atomic mass is 14.9. The SMILES string of the molecule is Cc1ccc(C(C)NCCCC2CC2)c(C)c1. The van der Waals surface area contributed by atoms with Gasteiger partial charge in [-0.3, -0.25) is 0 Å². The number of nitrogens with one attached hydrogen (secondary N) is 1. The van der Waals surface area contributed by atoms with Crippen molar-refractivity contribution in [3.8, 4) is 0 Å². The fourth-order valence-corrected chi connectivity index (χ4v) is 2.54. The molecule has 1 heteroatoms. The van der Waals surface area contributed by atoms with Gasteiger partial charge in [-0.2, -0.15) is 0 Å². The average Bonchev–Trinajstić information content (AvgIpc) is 3.08. The Hall–Kier alpha value is -0.820. The summed E-state index contributed by atoms with van der Waals surface area (Å²) in [5.74, 6) is 1.06. The van der Waals surface area contributed by atoms with E-state index in [1.807, 2.05) is 0 Å². The Labute approximate surface area is 106 Å². The molecule has 0 aliphatic heterocycles. The van der Waals surface area contributed by atoms with E-state index in [2.05, 4.69) is 44.3 Å². The molecule has 0 spiro atoms. The zero-order valence-corrected chi connectivity index (χ0v) is 11.4. The summed E-state index contributed by atoms with van der Waals surface area (Å²) >= 11 is 0. The van der Waals surface area contributed by atoms with Gasteiger partial charge in [0.05, 0.1) is 0 Å². The highest BCUT2D eigenvalue weighted by molar-refractivity contribution is 5.32. The second kappa shape index (κ2) is 5.68. The van der Waals surface area contributed by atoms with E-state index in [0.717, 1.165) is 12.5 Å². The molecular weight excluding hydrogens is 206 g/mol. The average molecular weight is 231 g/mol. The van der Waals surface area contributed by atoms with E-state index in [9.17, 15) is 0 Å². The first-order valence-electron chi connectivity index (χ1n) is 6.97. The van der Waals surface area contributed by atoms with Crippen LogP contribution in [0.15, 0.2) is 18.2 Å². The van der Waals surface area contributed by atoms with Gasteiger partial charge in [0, 0.05) is 6.04 Å². The lowest BCUT2D eigenvalue weighted by atomic mass is 10.0. The van der Waals surface area contributed by atoms with Crippen molar-refractivity contribution in [2.75, 3.05) is 6.54 Å². The molecule has 0 aromatic heterocycles. The second-order valence-electron chi connectivity index (χ2n) is 5.62. The standard InChI is InChI=1S/C16H25N/c1-12-6-9-16(13(2)11-12)14(3)17-10-4-5-15-7-8-15/h6,9,11,14-15,17H,4-5,7-8,10H2,1-3H3. The summed E-state index contributed by atoms with van der Waals surface area (Å²) in [4.78, 5) is 0. The lowest BCUT2D eigenvalue weighted by Gasteiger charge is -2.17. The van der Waals surface area contributed by atoms with Crippen molar-refractivity contribution >= 4 is 0 Å². The molecule has 1 aliphatic carbocycles. The molecule has 0 saturated heterocycles. The van der Waals surface area contributed by atoms with Crippen LogP contribution in [-0.2, 0) is 0 Å². The van der Waals surface area contributed by atoms with Crippen LogP contribution >= 0.6 is 0 Å². The molecule has 0 bridgehead atoms. The summed E-state index contributed by atoms with van der Waals surface area (Å²) < 4.78 is 0. The number of hydrogen-bond acceptors (Lipinski definition) is 1. The molecule has 94 valence electrons. The maximum atomic E-state index is 3.64. The van der Waals surface area contributed by atoms with Crippen LogP contribution in [0, 0.1) is 19.8 Å². The number of hydrogen-bond donors (Lipinski definition) is 1. The van der Waals surface area contributed by atoms with Gasteiger partial charge in [0.25, 0.3) is 0 Å². The van der Waals surface area contributed by atoms with Gasteiger partial charge in [0.1, 0.15) is 0 Å². The molecule has 0 amide bonds. The fourth-order valence-electron chi connectivity index (χ4n) is 2.54. The summed E-state index contributed by atoms with van der Waals surface area (Å²) in [6.07, 6.45) is 5.71. The minimum absolute atomic E-state index is 0.481. The molecule has 1 aromatic carbocycles. The smallest absolute Gasteiger partial charge is 0.0294 e. The van der Waals surface area contributed by atoms with Gasteiger partial charge >= 0.3 is 0 Å². The molecule has 1 unspecified atom stereocenters. The van der Waals surface area contributed by atoms with Crippen molar-refractivity contribution in [2.24, 2.45) is 5.92 Å². The van der Waals surface area contributed by atoms with E-state index in [1.165, 1.54) is 42.4 Å². The summed E-state index contributed by atoms with van der Waals surface area (Å²) in [6, 6.07) is 7.24. The predicted octanol–water partition coefficient (Wildman–Crippen LogP) is 4.14. The predicted molar refractivity (Wildman–Crippen MR) is 74.3 cm³/mol. The van der Waals surface area contributed by atoms with Crippen molar-refractivity contribution < 1.29 is 0 Å². The number of rotatable bonds is 6. The van der Waals surface area contributed by atoms with Gasteiger partial charge in [-0.15, -0.1) is 0 Å². The highest BCUT2D eigenvalue weighted by Crippen LogP contribution is 2.33. The topological polar surface area (TPSA) is 12.0 Å². The monoisotopic (exact) mass is 231 g/mol. The molecule has 1 atom stereocenters. The van der Waals surface area contributed by atoms with Crippen LogP contribution < -0.4 is 5.32 Å². The molecular formula is C16H25N. The Kier molecular flexibility index (Phi) is 4.22. The van der Waals surface area contributed by atoms with Gasteiger partial charge in [0.15, 0.2) is 0 Å². The third-order valence-electron chi connectivity index (χ3n) is 3.83. The fraction of sp³-hybridized carbons (Fsp3) is 0.625. The van der Waals surface area contributed by atoms with Gasteiger partial charge < -0.3 is 5.32 Å². The molecule has 0 heterocycles. The summed E-state index contributed by atoms with van der Waals surface area (Å²) in [5, 5.41) is 3.64. The zero-order chi connectivity index (χ0) is 12.3. The van der Waals surface area contributed by atoms with Crippen LogP contribution in [0.2, 0.25) is 0 Å². The van der Waals surface area contributed by atoms with Crippen molar-refractivity contribution in [2.45, 2.75) is 52.5 Å². The normalized spacial score (nSPS) is 17.1. The van der Waals surface area contributed by atoms with Crippen molar-refractivity contribution in [3.63, 3.8) is 0 Å². The van der Waals surface area contributed by atoms with Crippen molar-refractivity contribution in [1.82, 2.24) is 5.32 Å². The van der Waals surface area contributed by atoms with E-state index in [1.54, 1.807) is 0 Å². The molecule has 1 fully saturated rings. The zero-order valence-electron chi connectivity index (χ0n) is 11.4. The molecule has 2 rings (SSSR count). The first-order chi connectivity index (χ1) is 8.16. The molecule has 1 aliphatic rings. The van der Waals surface area contributed by atoms with Crippen molar-refractivity contribution in [3.05, 3.63) is 34.9 Å². The van der Waals surface area contributed by atoms with Crippen LogP contribution in [0.1, 0.15) is 55.3 Å². The van der Waals surface area contributed by atoms with Crippen LogP contribution in [0.25, 0.3) is 0 Å². The van der Waals surface area contributed by atoms with Gasteiger partial charge in [-0.25, -0.2) is 0 Å². The Morgan fingerprint density at radius 3 is 2.71 bits per heavy atom. The van der Waals surface area contributed by atoms with Gasteiger partial charge in [0.2, 0.25) is 0 Å². The van der Waals surface area contributed by atoms with E-state index in [-0.39, 0.29) is 0 Å². The quantitative estimate of drug-likeness (QED) is 0.725. The largest absolute Gasteiger partial charge is 0.310 e. The van der Waals surface area contributed by atoms with Crippen molar-refractivity contribution in [1.29, 1.82) is 0 Å². The highest BCUT2D eigenvalue weighted by Gasteiger charge is 2.20. The summed E-state index contributed by atoms with van der Waals surface area (Å²) in [7, 11) is 0. The first-order valence-corrected chi connectivity index (χ1v) is 6.97. The third-order valence-corrected chi connectivity index (χ3v) is 3.83. The van der Waals surface area contributed by atoms with Gasteiger partial charge in [-0.05, 0) is 57.2 Å². The van der Waals surface area contributed by atoms with Crippen LogP contribution in [0.5, 0.6) is 0 Å². The van der Waals surface area contributed by atoms with Crippen LogP contribution in [0.3, 0.4) is 0 Å². The maximum absolute atomic E-state index is 3.64. The van der Waals surface area contributed by atoms with E-state index >= 15 is 0 Å². The summed E-state index contributed by atoms with van der Waals surface area (Å²) in [6.45, 7) is 7.80. The van der Waals surface area contributed by atoms with E-state index in [0.29, 0.717) is 6.04 Å². The van der Waals surface area contributed by atoms with Gasteiger partial charge in [-0.1, -0.05) is 36.6 Å². The van der Waals surface area contributed by atoms with Crippen LogP contribution in [-0.4, -0.2) is 6.54 Å². The lowest BCUT2D eigenvalue weighted by Crippen LogP contribution is -2.20. The molecule has 1 N–H and O–H groups in total. The van der Waals surface area contributed by atoms with Crippen LogP contribution in [0.4, 0.5) is 0 Å². The lowest BCUT2D eigenvalue weighted by molar-refractivity contribution is 0.532. The number of benzene rings is 1. The maximum Gasteiger partial charge on any atom is 0.0294 e. The number of aryl methyl sites for hydroxylation is 2. The first kappa shape index (κ1) is 12.6. The Balaban J connectivity index is 1.78. The minimum atomic E-state index is 0.481. The molecule has 0 radical (unpaired) electrons. The summed E-state index contributed by atoms with van der Waals surface area (Å²) in [5.41, 5.74) is 4.21. The molecule has 1 saturated carbocycles. The Morgan fingerprint density at radius 1 is 1.29 bits per heavy atom.